The molecule has 2 aromatic rings. The van der Waals surface area contributed by atoms with Crippen molar-refractivity contribution >= 4 is 40.8 Å². The van der Waals surface area contributed by atoms with Gasteiger partial charge in [0.2, 0.25) is 0 Å². The van der Waals surface area contributed by atoms with Crippen molar-refractivity contribution in [3.05, 3.63) is 46.1 Å². The van der Waals surface area contributed by atoms with Crippen molar-refractivity contribution in [2.45, 2.75) is 37.3 Å². The lowest BCUT2D eigenvalue weighted by Gasteiger charge is -2.38. The fourth-order valence-corrected chi connectivity index (χ4v) is 3.95. The number of carbonyl (C=O) groups is 1. The number of thioether (sulfide) groups is 1. The molecule has 0 saturated carbocycles. The molecule has 3 rings (SSSR count). The van der Waals surface area contributed by atoms with Gasteiger partial charge < -0.3 is 20.7 Å². The first-order valence-corrected chi connectivity index (χ1v) is 11.0. The van der Waals surface area contributed by atoms with Gasteiger partial charge in [0, 0.05) is 10.6 Å². The minimum Gasteiger partial charge on any atom is -0.349 e. The molecule has 1 aliphatic rings. The maximum atomic E-state index is 13.3. The summed E-state index contributed by atoms with van der Waals surface area (Å²) in [6.45, 7) is 2.68. The lowest BCUT2D eigenvalue weighted by atomic mass is 10.1. The highest BCUT2D eigenvalue weighted by Gasteiger charge is 2.46. The number of benzene rings is 1. The van der Waals surface area contributed by atoms with Gasteiger partial charge in [-0.3, -0.25) is 4.79 Å². The molecule has 0 radical (unpaired) electrons. The Labute approximate surface area is 187 Å². The third-order valence-electron chi connectivity index (χ3n) is 4.86. The van der Waals surface area contributed by atoms with E-state index < -0.39 is 31.0 Å². The molecule has 11 heteroatoms. The Morgan fingerprint density at radius 3 is 2.71 bits per heavy atom. The first-order chi connectivity index (χ1) is 14.5. The van der Waals surface area contributed by atoms with Crippen molar-refractivity contribution in [2.75, 3.05) is 29.6 Å². The van der Waals surface area contributed by atoms with E-state index in [9.17, 15) is 18.0 Å². The summed E-state index contributed by atoms with van der Waals surface area (Å²) in [5, 5.41) is 3.07. The summed E-state index contributed by atoms with van der Waals surface area (Å²) in [6.07, 6.45) is -5.98. The normalized spacial score (nSPS) is 19.4. The second kappa shape index (κ2) is 9.23. The Hall–Kier alpha value is -2.01. The van der Waals surface area contributed by atoms with Gasteiger partial charge in [-0.2, -0.15) is 13.2 Å². The van der Waals surface area contributed by atoms with Gasteiger partial charge in [0.15, 0.2) is 6.10 Å². The molecule has 31 heavy (non-hydrogen) atoms. The number of aryl methyl sites for hydroxylation is 1. The molecule has 3 N–H and O–H groups in total. The van der Waals surface area contributed by atoms with E-state index in [1.54, 1.807) is 32.0 Å². The fraction of sp³-hybridized carbons (Fsp3) is 0.400. The zero-order valence-electron chi connectivity index (χ0n) is 17.1. The van der Waals surface area contributed by atoms with Gasteiger partial charge in [-0.15, -0.1) is 11.8 Å². The van der Waals surface area contributed by atoms with Gasteiger partial charge in [0.1, 0.15) is 12.0 Å². The minimum atomic E-state index is -4.60. The predicted molar refractivity (Wildman–Crippen MR) is 116 cm³/mol. The van der Waals surface area contributed by atoms with E-state index in [1.165, 1.54) is 16.7 Å². The molecule has 2 atom stereocenters. The number of morpholine rings is 1. The van der Waals surface area contributed by atoms with Gasteiger partial charge >= 0.3 is 6.18 Å². The van der Waals surface area contributed by atoms with Crippen LogP contribution in [0.25, 0.3) is 0 Å². The van der Waals surface area contributed by atoms with Crippen molar-refractivity contribution in [3.8, 4) is 0 Å². The number of nitrogens with one attached hydrogen (secondary N) is 1. The average molecular weight is 475 g/mol. The zero-order chi connectivity index (χ0) is 22.9. The van der Waals surface area contributed by atoms with Crippen LogP contribution in [0, 0.1) is 13.8 Å². The van der Waals surface area contributed by atoms with Crippen molar-refractivity contribution in [1.29, 1.82) is 0 Å². The third-order valence-corrected chi connectivity index (χ3v) is 6.15. The molecule has 1 unspecified atom stereocenters. The van der Waals surface area contributed by atoms with Crippen LogP contribution >= 0.6 is 23.4 Å². The Balaban J connectivity index is 2.02. The van der Waals surface area contributed by atoms with Crippen molar-refractivity contribution in [2.24, 2.45) is 5.73 Å². The summed E-state index contributed by atoms with van der Waals surface area (Å²) in [4.78, 5) is 19.8. The van der Waals surface area contributed by atoms with E-state index >= 15 is 0 Å². The summed E-state index contributed by atoms with van der Waals surface area (Å²) >= 11 is 7.84. The lowest BCUT2D eigenvalue weighted by Crippen LogP contribution is -2.56. The maximum absolute atomic E-state index is 13.3. The van der Waals surface area contributed by atoms with E-state index in [0.717, 1.165) is 4.90 Å². The van der Waals surface area contributed by atoms with Crippen LogP contribution in [0.1, 0.15) is 21.6 Å². The van der Waals surface area contributed by atoms with Gasteiger partial charge in [0.25, 0.3) is 5.91 Å². The minimum absolute atomic E-state index is 0.0532. The lowest BCUT2D eigenvalue weighted by molar-refractivity contribution is -0.235. The van der Waals surface area contributed by atoms with Crippen LogP contribution in [0.15, 0.2) is 29.2 Å². The number of nitrogens with zero attached hydrogens (tertiary/aromatic N) is 2. The summed E-state index contributed by atoms with van der Waals surface area (Å²) in [5.41, 5.74) is 7.19. The smallest absolute Gasteiger partial charge is 0.349 e. The SMILES string of the molecule is CSc1cccc(NC(=O)c2c(N3CC(C(F)(F)F)O[C@@H](N)C3)nc(C)c(Cl)c2C)c1. The molecular weight excluding hydrogens is 453 g/mol. The number of rotatable bonds is 4. The van der Waals surface area contributed by atoms with Crippen LogP contribution in [0.2, 0.25) is 5.02 Å². The van der Waals surface area contributed by atoms with Crippen LogP contribution in [-0.2, 0) is 4.74 Å². The van der Waals surface area contributed by atoms with Crippen molar-refractivity contribution in [1.82, 2.24) is 4.98 Å². The number of pyridine rings is 1. The van der Waals surface area contributed by atoms with E-state index in [4.69, 9.17) is 22.1 Å². The van der Waals surface area contributed by atoms with Gasteiger partial charge in [-0.05, 0) is 43.9 Å². The van der Waals surface area contributed by atoms with Gasteiger partial charge in [0.05, 0.1) is 29.4 Å². The number of ether oxygens (including phenoxy) is 1. The number of nitrogens with two attached hydrogens (primary N) is 1. The molecular formula is C20H22ClF3N4O2S. The monoisotopic (exact) mass is 474 g/mol. The number of amides is 1. The Morgan fingerprint density at radius 1 is 1.35 bits per heavy atom. The summed E-state index contributed by atoms with van der Waals surface area (Å²) in [5.74, 6) is -0.435. The summed E-state index contributed by atoms with van der Waals surface area (Å²) in [7, 11) is 0. The van der Waals surface area contributed by atoms with Crippen LogP contribution in [0.3, 0.4) is 0 Å². The molecule has 6 nitrogen and oxygen atoms in total. The molecule has 1 aromatic heterocycles. The zero-order valence-corrected chi connectivity index (χ0v) is 18.7. The van der Waals surface area contributed by atoms with Gasteiger partial charge in [-0.1, -0.05) is 17.7 Å². The largest absolute Gasteiger partial charge is 0.416 e. The Kier molecular flexibility index (Phi) is 7.04. The number of halogens is 4. The Morgan fingerprint density at radius 2 is 2.06 bits per heavy atom. The van der Waals surface area contributed by atoms with Crippen LogP contribution in [0.4, 0.5) is 24.7 Å². The van der Waals surface area contributed by atoms with E-state index in [2.05, 4.69) is 10.3 Å². The topological polar surface area (TPSA) is 80.5 Å². The molecule has 1 aromatic carbocycles. The van der Waals surface area contributed by atoms with E-state index in [1.807, 2.05) is 12.3 Å². The Bertz CT molecular complexity index is 990. The van der Waals surface area contributed by atoms with Crippen LogP contribution < -0.4 is 16.0 Å². The summed E-state index contributed by atoms with van der Waals surface area (Å²) in [6, 6.07) is 7.21. The van der Waals surface area contributed by atoms with Crippen molar-refractivity contribution in [3.63, 3.8) is 0 Å². The highest BCUT2D eigenvalue weighted by molar-refractivity contribution is 7.98. The number of aromatic nitrogens is 1. The second-order valence-electron chi connectivity index (χ2n) is 7.13. The number of carbonyl (C=O) groups excluding carboxylic acids is 1. The first kappa shape index (κ1) is 23.6. The highest BCUT2D eigenvalue weighted by Crippen LogP contribution is 2.34. The molecule has 0 bridgehead atoms. The molecule has 1 saturated heterocycles. The molecule has 0 aliphatic carbocycles. The number of anilines is 2. The summed E-state index contributed by atoms with van der Waals surface area (Å²) < 4.78 is 44.8. The highest BCUT2D eigenvalue weighted by atomic mass is 35.5. The average Bonchev–Trinajstić information content (AvgIpc) is 2.70. The maximum Gasteiger partial charge on any atom is 0.416 e. The third kappa shape index (κ3) is 5.25. The van der Waals surface area contributed by atoms with Crippen LogP contribution in [-0.4, -0.2) is 48.7 Å². The number of hydrogen-bond acceptors (Lipinski definition) is 6. The molecule has 1 aliphatic heterocycles. The van der Waals surface area contributed by atoms with Gasteiger partial charge in [-0.25, -0.2) is 4.98 Å². The quantitative estimate of drug-likeness (QED) is 0.640. The number of alkyl halides is 3. The first-order valence-electron chi connectivity index (χ1n) is 9.36. The van der Waals surface area contributed by atoms with Crippen LogP contribution in [0.5, 0.6) is 0 Å². The standard InChI is InChI=1S/C20H22ClF3N4O2S/c1-10-16(19(29)27-12-5-4-6-13(7-12)31-3)18(26-11(2)17(10)21)28-8-14(20(22,23)24)30-15(25)9-28/h4-7,14-15H,8-9,25H2,1-3H3,(H,27,29)/t14?,15-/m1/s1. The molecule has 1 amide bonds. The fourth-order valence-electron chi connectivity index (χ4n) is 3.35. The second-order valence-corrected chi connectivity index (χ2v) is 8.39. The molecule has 2 heterocycles. The van der Waals surface area contributed by atoms with E-state index in [0.29, 0.717) is 16.9 Å². The molecule has 1 fully saturated rings. The van der Waals surface area contributed by atoms with E-state index in [-0.39, 0.29) is 22.9 Å². The van der Waals surface area contributed by atoms with Crippen molar-refractivity contribution < 1.29 is 22.7 Å². The molecule has 0 spiro atoms. The number of hydrogen-bond donors (Lipinski definition) is 2. The molecule has 168 valence electrons. The predicted octanol–water partition coefficient (Wildman–Crippen LogP) is 4.38.